The molecule has 2 aliphatic rings. The number of anilines is 2. The Bertz CT molecular complexity index is 1040. The van der Waals surface area contributed by atoms with Crippen LogP contribution in [0.3, 0.4) is 0 Å². The number of carbonyl (C=O) groups is 3. The van der Waals surface area contributed by atoms with Crippen LogP contribution < -0.4 is 10.2 Å². The number of rotatable bonds is 4. The van der Waals surface area contributed by atoms with Crippen molar-refractivity contribution in [2.45, 2.75) is 12.1 Å². The number of nitrogens with one attached hydrogen (secondary N) is 1. The third kappa shape index (κ3) is 3.30. The van der Waals surface area contributed by atoms with Crippen LogP contribution in [0.15, 0.2) is 52.8 Å². The van der Waals surface area contributed by atoms with Gasteiger partial charge in [0.1, 0.15) is 24.0 Å². The van der Waals surface area contributed by atoms with Crippen molar-refractivity contribution in [1.82, 2.24) is 5.01 Å². The van der Waals surface area contributed by atoms with Crippen molar-refractivity contribution in [2.75, 3.05) is 16.8 Å². The first-order valence-corrected chi connectivity index (χ1v) is 8.41. The number of halogens is 3. The molecule has 0 spiro atoms. The summed E-state index contributed by atoms with van der Waals surface area (Å²) in [5, 5.41) is 10.6. The highest BCUT2D eigenvalue weighted by molar-refractivity contribution is 6.25. The number of carbonyl (C=O) groups excluding carboxylic acids is 3. The Labute approximate surface area is 161 Å². The van der Waals surface area contributed by atoms with Crippen LogP contribution in [-0.2, 0) is 14.4 Å². The zero-order valence-corrected chi connectivity index (χ0v) is 14.6. The quantitative estimate of drug-likeness (QED) is 0.791. The first-order valence-electron chi connectivity index (χ1n) is 8.41. The fraction of sp³-hybridized carbons (Fsp3) is 0.167. The average molecular weight is 403 g/mol. The standard InChI is InChI=1S/C18H12F3N5O3/c19-9-1-4-11(5-2-9)26-17(28)15-16(18(26)29)25(24-23-15)8-14(27)22-13-7-10(20)3-6-12(13)21/h1-7,15-16H,8H2,(H,22,27). The molecule has 148 valence electrons. The molecule has 2 aromatic carbocycles. The van der Waals surface area contributed by atoms with E-state index < -0.39 is 53.8 Å². The van der Waals surface area contributed by atoms with Gasteiger partial charge < -0.3 is 5.32 Å². The molecule has 0 aliphatic carbocycles. The molecule has 11 heteroatoms. The van der Waals surface area contributed by atoms with Crippen molar-refractivity contribution in [3.8, 4) is 0 Å². The third-order valence-corrected chi connectivity index (χ3v) is 4.45. The number of amides is 3. The van der Waals surface area contributed by atoms with E-state index >= 15 is 0 Å². The summed E-state index contributed by atoms with van der Waals surface area (Å²) in [5.74, 6) is -4.23. The fourth-order valence-corrected chi connectivity index (χ4v) is 3.13. The number of hydrogen-bond donors (Lipinski definition) is 1. The van der Waals surface area contributed by atoms with E-state index in [9.17, 15) is 27.6 Å². The SMILES string of the molecule is O=C(CN1N=NC2C(=O)N(c3ccc(F)cc3)C(=O)C21)Nc1cc(F)ccc1F. The zero-order valence-electron chi connectivity index (χ0n) is 14.6. The van der Waals surface area contributed by atoms with Crippen molar-refractivity contribution in [2.24, 2.45) is 10.3 Å². The molecule has 1 N–H and O–H groups in total. The molecule has 0 aromatic heterocycles. The lowest BCUT2D eigenvalue weighted by Gasteiger charge is -2.20. The van der Waals surface area contributed by atoms with Gasteiger partial charge in [-0.15, -0.1) is 0 Å². The van der Waals surface area contributed by atoms with Crippen LogP contribution in [0.5, 0.6) is 0 Å². The van der Waals surface area contributed by atoms with Crippen molar-refractivity contribution >= 4 is 29.1 Å². The smallest absolute Gasteiger partial charge is 0.263 e. The van der Waals surface area contributed by atoms with E-state index in [1.165, 1.54) is 12.1 Å². The Balaban J connectivity index is 1.49. The molecule has 2 unspecified atom stereocenters. The molecular weight excluding hydrogens is 391 g/mol. The highest BCUT2D eigenvalue weighted by atomic mass is 19.1. The third-order valence-electron chi connectivity index (χ3n) is 4.45. The van der Waals surface area contributed by atoms with Gasteiger partial charge in [-0.25, -0.2) is 18.1 Å². The van der Waals surface area contributed by atoms with Gasteiger partial charge in [0.2, 0.25) is 5.91 Å². The minimum absolute atomic E-state index is 0.164. The van der Waals surface area contributed by atoms with Crippen molar-refractivity contribution in [3.05, 3.63) is 59.9 Å². The maximum atomic E-state index is 13.7. The maximum absolute atomic E-state index is 13.7. The highest BCUT2D eigenvalue weighted by Crippen LogP contribution is 2.31. The summed E-state index contributed by atoms with van der Waals surface area (Å²) in [5.41, 5.74) is -0.207. The van der Waals surface area contributed by atoms with Crippen molar-refractivity contribution < 1.29 is 27.6 Å². The van der Waals surface area contributed by atoms with Crippen molar-refractivity contribution in [1.29, 1.82) is 0 Å². The monoisotopic (exact) mass is 403 g/mol. The molecule has 4 rings (SSSR count). The Kier molecular flexibility index (Phi) is 4.49. The van der Waals surface area contributed by atoms with E-state index in [0.717, 1.165) is 40.2 Å². The van der Waals surface area contributed by atoms with Crippen LogP contribution >= 0.6 is 0 Å². The van der Waals surface area contributed by atoms with Crippen LogP contribution in [0.25, 0.3) is 0 Å². The largest absolute Gasteiger partial charge is 0.322 e. The van der Waals surface area contributed by atoms with Gasteiger partial charge >= 0.3 is 0 Å². The molecule has 1 fully saturated rings. The fourth-order valence-electron chi connectivity index (χ4n) is 3.13. The number of hydrogen-bond acceptors (Lipinski definition) is 6. The molecule has 0 radical (unpaired) electrons. The summed E-state index contributed by atoms with van der Waals surface area (Å²) in [6, 6.07) is 5.01. The Morgan fingerprint density at radius 1 is 1.00 bits per heavy atom. The van der Waals surface area contributed by atoms with Crippen molar-refractivity contribution in [3.63, 3.8) is 0 Å². The van der Waals surface area contributed by atoms with E-state index in [4.69, 9.17) is 0 Å². The van der Waals surface area contributed by atoms with Gasteiger partial charge in [-0.2, -0.15) is 5.11 Å². The van der Waals surface area contributed by atoms with Gasteiger partial charge in [0, 0.05) is 6.07 Å². The zero-order chi connectivity index (χ0) is 20.7. The Morgan fingerprint density at radius 3 is 2.41 bits per heavy atom. The molecular formula is C18H12F3N5O3. The highest BCUT2D eigenvalue weighted by Gasteiger charge is 2.55. The molecule has 2 atom stereocenters. The van der Waals surface area contributed by atoms with Gasteiger partial charge in [-0.3, -0.25) is 19.4 Å². The summed E-state index contributed by atoms with van der Waals surface area (Å²) in [6.07, 6.45) is 0. The predicted molar refractivity (Wildman–Crippen MR) is 93.0 cm³/mol. The van der Waals surface area contributed by atoms with E-state index in [1.807, 2.05) is 0 Å². The van der Waals surface area contributed by atoms with E-state index in [2.05, 4.69) is 15.7 Å². The lowest BCUT2D eigenvalue weighted by atomic mass is 10.1. The Hall–Kier alpha value is -3.76. The lowest BCUT2D eigenvalue weighted by molar-refractivity contribution is -0.123. The normalized spacial score (nSPS) is 20.4. The molecule has 2 aromatic rings. The minimum atomic E-state index is -1.16. The van der Waals surface area contributed by atoms with Crippen LogP contribution in [0.2, 0.25) is 0 Å². The molecule has 1 saturated heterocycles. The number of nitrogens with zero attached hydrogens (tertiary/aromatic N) is 4. The molecule has 2 heterocycles. The van der Waals surface area contributed by atoms with Crippen LogP contribution in [0, 0.1) is 17.5 Å². The first-order chi connectivity index (χ1) is 13.8. The number of benzene rings is 2. The summed E-state index contributed by atoms with van der Waals surface area (Å²) >= 11 is 0. The number of fused-ring (bicyclic) bond motifs is 1. The maximum Gasteiger partial charge on any atom is 0.263 e. The lowest BCUT2D eigenvalue weighted by Crippen LogP contribution is -2.43. The molecule has 8 nitrogen and oxygen atoms in total. The minimum Gasteiger partial charge on any atom is -0.322 e. The van der Waals surface area contributed by atoms with Gasteiger partial charge in [0.25, 0.3) is 11.8 Å². The summed E-state index contributed by atoms with van der Waals surface area (Å²) in [7, 11) is 0. The number of imide groups is 1. The van der Waals surface area contributed by atoms with E-state index in [1.54, 1.807) is 0 Å². The topological polar surface area (TPSA) is 94.4 Å². The van der Waals surface area contributed by atoms with Gasteiger partial charge in [0.05, 0.1) is 11.4 Å². The summed E-state index contributed by atoms with van der Waals surface area (Å²) < 4.78 is 40.0. The van der Waals surface area contributed by atoms with E-state index in [-0.39, 0.29) is 11.4 Å². The molecule has 0 bridgehead atoms. The van der Waals surface area contributed by atoms with E-state index in [0.29, 0.717) is 0 Å². The molecule has 3 amide bonds. The second kappa shape index (κ2) is 7.00. The predicted octanol–water partition coefficient (Wildman–Crippen LogP) is 2.04. The second-order valence-corrected chi connectivity index (χ2v) is 6.35. The molecule has 2 aliphatic heterocycles. The average Bonchev–Trinajstić information content (AvgIpc) is 3.19. The van der Waals surface area contributed by atoms with Crippen LogP contribution in [-0.4, -0.2) is 41.4 Å². The Morgan fingerprint density at radius 2 is 1.69 bits per heavy atom. The van der Waals surface area contributed by atoms with Gasteiger partial charge in [-0.1, -0.05) is 5.22 Å². The molecule has 0 saturated carbocycles. The van der Waals surface area contributed by atoms with Crippen LogP contribution in [0.4, 0.5) is 24.5 Å². The van der Waals surface area contributed by atoms with Gasteiger partial charge in [0.15, 0.2) is 12.1 Å². The van der Waals surface area contributed by atoms with Crippen LogP contribution in [0.1, 0.15) is 0 Å². The summed E-state index contributed by atoms with van der Waals surface area (Å²) in [6.45, 7) is -0.517. The summed E-state index contributed by atoms with van der Waals surface area (Å²) in [4.78, 5) is 38.3. The van der Waals surface area contributed by atoms with Gasteiger partial charge in [-0.05, 0) is 36.4 Å². The molecule has 29 heavy (non-hydrogen) atoms. The second-order valence-electron chi connectivity index (χ2n) is 6.35. The first kappa shape index (κ1) is 18.6.